The highest BCUT2D eigenvalue weighted by Crippen LogP contribution is 2.30. The van der Waals surface area contributed by atoms with Gasteiger partial charge >= 0.3 is 0 Å². The number of aliphatic imine (C=N–C) groups is 1. The molecular formula is C18H33IN4O. The topological polar surface area (TPSA) is 62.5 Å². The molecule has 6 heteroatoms. The van der Waals surface area contributed by atoms with E-state index in [4.69, 9.17) is 4.52 Å². The summed E-state index contributed by atoms with van der Waals surface area (Å²) in [6, 6.07) is 1.98. The zero-order chi connectivity index (χ0) is 16.5. The van der Waals surface area contributed by atoms with E-state index in [9.17, 15) is 0 Å². The first-order chi connectivity index (χ1) is 11.2. The van der Waals surface area contributed by atoms with E-state index in [-0.39, 0.29) is 24.0 Å². The lowest BCUT2D eigenvalue weighted by Crippen LogP contribution is -2.38. The summed E-state index contributed by atoms with van der Waals surface area (Å²) >= 11 is 0. The van der Waals surface area contributed by atoms with Gasteiger partial charge in [0.25, 0.3) is 0 Å². The summed E-state index contributed by atoms with van der Waals surface area (Å²) < 4.78 is 5.28. The molecule has 2 unspecified atom stereocenters. The lowest BCUT2D eigenvalue weighted by atomic mass is 9.81. The fourth-order valence-corrected chi connectivity index (χ4v) is 3.31. The van der Waals surface area contributed by atoms with Gasteiger partial charge in [0.15, 0.2) is 11.7 Å². The zero-order valence-electron chi connectivity index (χ0n) is 15.3. The molecule has 2 N–H and O–H groups in total. The van der Waals surface area contributed by atoms with E-state index in [1.165, 1.54) is 32.1 Å². The maximum Gasteiger partial charge on any atom is 0.191 e. The molecule has 5 nitrogen and oxygen atoms in total. The molecule has 1 fully saturated rings. The fourth-order valence-electron chi connectivity index (χ4n) is 3.31. The molecule has 1 aromatic rings. The van der Waals surface area contributed by atoms with Crippen LogP contribution < -0.4 is 10.6 Å². The average Bonchev–Trinajstić information content (AvgIpc) is 3.01. The number of nitrogens with one attached hydrogen (secondary N) is 2. The molecule has 0 spiro atoms. The maximum atomic E-state index is 5.28. The van der Waals surface area contributed by atoms with Crippen LogP contribution >= 0.6 is 24.0 Å². The van der Waals surface area contributed by atoms with Crippen LogP contribution in [0.3, 0.4) is 0 Å². The zero-order valence-corrected chi connectivity index (χ0v) is 17.6. The van der Waals surface area contributed by atoms with Crippen molar-refractivity contribution in [2.75, 3.05) is 13.1 Å². The third-order valence-corrected chi connectivity index (χ3v) is 4.60. The second kappa shape index (κ2) is 11.7. The molecule has 0 saturated heterocycles. The summed E-state index contributed by atoms with van der Waals surface area (Å²) in [6.45, 7) is 8.92. The molecule has 0 radical (unpaired) electrons. The molecule has 0 amide bonds. The maximum absolute atomic E-state index is 5.28. The minimum Gasteiger partial charge on any atom is -0.359 e. The van der Waals surface area contributed by atoms with Crippen LogP contribution in [0.25, 0.3) is 0 Å². The van der Waals surface area contributed by atoms with Crippen LogP contribution in [0.2, 0.25) is 0 Å². The molecule has 2 rings (SSSR count). The highest BCUT2D eigenvalue weighted by Gasteiger charge is 2.18. The van der Waals surface area contributed by atoms with E-state index in [0.717, 1.165) is 48.8 Å². The summed E-state index contributed by atoms with van der Waals surface area (Å²) in [5.41, 5.74) is 0.986. The molecule has 138 valence electrons. The molecule has 0 bridgehead atoms. The van der Waals surface area contributed by atoms with Crippen molar-refractivity contribution in [1.82, 2.24) is 15.8 Å². The average molecular weight is 448 g/mol. The van der Waals surface area contributed by atoms with Gasteiger partial charge < -0.3 is 15.2 Å². The lowest BCUT2D eigenvalue weighted by Gasteiger charge is -2.26. The van der Waals surface area contributed by atoms with Gasteiger partial charge in [0.1, 0.15) is 6.54 Å². The van der Waals surface area contributed by atoms with E-state index in [0.29, 0.717) is 6.54 Å². The lowest BCUT2D eigenvalue weighted by molar-refractivity contribution is 0.270. The molecule has 1 heterocycles. The van der Waals surface area contributed by atoms with Crippen molar-refractivity contribution < 1.29 is 4.52 Å². The van der Waals surface area contributed by atoms with Crippen LogP contribution in [0.4, 0.5) is 0 Å². The first-order valence-electron chi connectivity index (χ1n) is 9.17. The van der Waals surface area contributed by atoms with Crippen LogP contribution in [0.1, 0.15) is 64.3 Å². The Hall–Kier alpha value is -0.790. The van der Waals surface area contributed by atoms with Crippen LogP contribution in [0.5, 0.6) is 0 Å². The van der Waals surface area contributed by atoms with Gasteiger partial charge in [-0.1, -0.05) is 38.3 Å². The van der Waals surface area contributed by atoms with E-state index < -0.39 is 0 Å². The van der Waals surface area contributed by atoms with Crippen molar-refractivity contribution in [3.05, 3.63) is 17.5 Å². The van der Waals surface area contributed by atoms with E-state index >= 15 is 0 Å². The highest BCUT2D eigenvalue weighted by atomic mass is 127. The Morgan fingerprint density at radius 1 is 1.33 bits per heavy atom. The third-order valence-electron chi connectivity index (χ3n) is 4.60. The van der Waals surface area contributed by atoms with Crippen molar-refractivity contribution in [3.8, 4) is 0 Å². The number of aromatic nitrogens is 1. The van der Waals surface area contributed by atoms with Crippen LogP contribution in [-0.2, 0) is 13.0 Å². The number of rotatable bonds is 7. The van der Waals surface area contributed by atoms with Crippen molar-refractivity contribution >= 4 is 29.9 Å². The van der Waals surface area contributed by atoms with Crippen molar-refractivity contribution in [3.63, 3.8) is 0 Å². The predicted molar refractivity (Wildman–Crippen MR) is 110 cm³/mol. The number of nitrogens with zero attached hydrogens (tertiary/aromatic N) is 2. The van der Waals surface area contributed by atoms with Crippen molar-refractivity contribution in [2.24, 2.45) is 16.8 Å². The second-order valence-electron chi connectivity index (χ2n) is 6.69. The summed E-state index contributed by atoms with van der Waals surface area (Å²) in [6.07, 6.45) is 7.70. The van der Waals surface area contributed by atoms with E-state index in [1.54, 1.807) is 0 Å². The van der Waals surface area contributed by atoms with Gasteiger partial charge in [0.2, 0.25) is 0 Å². The first kappa shape index (κ1) is 21.3. The second-order valence-corrected chi connectivity index (χ2v) is 6.69. The quantitative estimate of drug-likeness (QED) is 0.374. The summed E-state index contributed by atoms with van der Waals surface area (Å²) in [5.74, 6) is 3.45. The largest absolute Gasteiger partial charge is 0.359 e. The molecule has 1 aromatic heterocycles. The molecule has 1 aliphatic carbocycles. The number of hydrogen-bond acceptors (Lipinski definition) is 3. The molecular weight excluding hydrogens is 415 g/mol. The van der Waals surface area contributed by atoms with E-state index in [1.807, 2.05) is 6.07 Å². The first-order valence-corrected chi connectivity index (χ1v) is 9.17. The summed E-state index contributed by atoms with van der Waals surface area (Å²) in [4.78, 5) is 4.59. The minimum absolute atomic E-state index is 0. The summed E-state index contributed by atoms with van der Waals surface area (Å²) in [5, 5.41) is 10.8. The Labute approximate surface area is 163 Å². The smallest absolute Gasteiger partial charge is 0.191 e. The minimum atomic E-state index is 0. The molecule has 1 aliphatic rings. The Morgan fingerprint density at radius 3 is 2.83 bits per heavy atom. The molecule has 0 aromatic carbocycles. The van der Waals surface area contributed by atoms with Crippen LogP contribution in [0, 0.1) is 11.8 Å². The summed E-state index contributed by atoms with van der Waals surface area (Å²) in [7, 11) is 0. The van der Waals surface area contributed by atoms with Gasteiger partial charge in [-0.15, -0.1) is 24.0 Å². The number of halogens is 1. The Morgan fingerprint density at radius 2 is 2.17 bits per heavy atom. The third kappa shape index (κ3) is 7.40. The van der Waals surface area contributed by atoms with E-state index in [2.05, 4.69) is 41.6 Å². The normalized spacial score (nSPS) is 21.2. The Kier molecular flexibility index (Phi) is 10.4. The number of hydrogen-bond donors (Lipinski definition) is 2. The molecule has 24 heavy (non-hydrogen) atoms. The Balaban J connectivity index is 0.00000288. The van der Waals surface area contributed by atoms with Crippen LogP contribution in [0.15, 0.2) is 15.6 Å². The molecule has 1 saturated carbocycles. The van der Waals surface area contributed by atoms with Gasteiger partial charge in [-0.2, -0.15) is 0 Å². The fraction of sp³-hybridized carbons (Fsp3) is 0.778. The predicted octanol–water partition coefficient (Wildman–Crippen LogP) is 4.13. The van der Waals surface area contributed by atoms with Crippen molar-refractivity contribution in [2.45, 2.75) is 65.8 Å². The SMILES string of the molecule is CCNC(=NCc1cc(CC)no1)NCCC1CCCC(C)C1.I. The standard InChI is InChI=1S/C18H32N4O.HI/c1-4-16-12-17(23-22-16)13-21-18(19-5-2)20-10-9-15-8-6-7-14(3)11-15;/h12,14-15H,4-11,13H2,1-3H3,(H2,19,20,21);1H. The number of aryl methyl sites for hydroxylation is 1. The van der Waals surface area contributed by atoms with Gasteiger partial charge in [-0.3, -0.25) is 0 Å². The van der Waals surface area contributed by atoms with Gasteiger partial charge in [0.05, 0.1) is 5.69 Å². The van der Waals surface area contributed by atoms with Gasteiger partial charge in [-0.05, 0) is 38.0 Å². The van der Waals surface area contributed by atoms with Crippen LogP contribution in [-0.4, -0.2) is 24.2 Å². The van der Waals surface area contributed by atoms with Crippen molar-refractivity contribution in [1.29, 1.82) is 0 Å². The monoisotopic (exact) mass is 448 g/mol. The van der Waals surface area contributed by atoms with Gasteiger partial charge in [0, 0.05) is 19.2 Å². The Bertz CT molecular complexity index is 489. The highest BCUT2D eigenvalue weighted by molar-refractivity contribution is 14.0. The molecule has 2 atom stereocenters. The molecule has 0 aliphatic heterocycles. The van der Waals surface area contributed by atoms with Gasteiger partial charge in [-0.25, -0.2) is 4.99 Å². The number of guanidine groups is 1.